The largest absolute Gasteiger partial charge is 0.270 e. The molecule has 0 N–H and O–H groups in total. The summed E-state index contributed by atoms with van der Waals surface area (Å²) in [5, 5.41) is 18.4. The van der Waals surface area contributed by atoms with Crippen LogP contribution in [0.25, 0.3) is 11.3 Å². The molecule has 0 spiro atoms. The van der Waals surface area contributed by atoms with Gasteiger partial charge in [0.1, 0.15) is 0 Å². The van der Waals surface area contributed by atoms with Gasteiger partial charge >= 0.3 is 0 Å². The number of benzene rings is 1. The predicted molar refractivity (Wildman–Crippen MR) is 122 cm³/mol. The molecule has 2 aromatic rings. The molecule has 4 rings (SSSR count). The first-order valence-electron chi connectivity index (χ1n) is 11.3. The van der Waals surface area contributed by atoms with Crippen LogP contribution in [0.5, 0.6) is 0 Å². The summed E-state index contributed by atoms with van der Waals surface area (Å²) < 4.78 is 1.97. The highest BCUT2D eigenvalue weighted by Gasteiger charge is 2.16. The van der Waals surface area contributed by atoms with Crippen molar-refractivity contribution in [1.82, 2.24) is 4.68 Å². The molecule has 2 aliphatic carbocycles. The van der Waals surface area contributed by atoms with Gasteiger partial charge in [0.15, 0.2) is 0 Å². The van der Waals surface area contributed by atoms with Crippen molar-refractivity contribution in [1.29, 1.82) is 0 Å². The van der Waals surface area contributed by atoms with Crippen molar-refractivity contribution in [3.63, 3.8) is 0 Å². The van der Waals surface area contributed by atoms with Crippen LogP contribution in [0, 0.1) is 10.1 Å². The Morgan fingerprint density at radius 3 is 2.43 bits per heavy atom. The van der Waals surface area contributed by atoms with Crippen molar-refractivity contribution in [2.75, 3.05) is 0 Å². The van der Waals surface area contributed by atoms with Crippen LogP contribution >= 0.6 is 11.3 Å². The molecule has 1 aromatic heterocycles. The van der Waals surface area contributed by atoms with Gasteiger partial charge in [-0.3, -0.25) is 15.1 Å². The number of hydrogen-bond acceptors (Lipinski definition) is 5. The molecule has 0 amide bonds. The summed E-state index contributed by atoms with van der Waals surface area (Å²) in [5.41, 5.74) is 3.05. The third kappa shape index (κ3) is 5.25. The summed E-state index contributed by atoms with van der Waals surface area (Å²) in [6.45, 7) is 0. The van der Waals surface area contributed by atoms with Crippen LogP contribution in [0.15, 0.2) is 39.7 Å². The van der Waals surface area contributed by atoms with E-state index in [2.05, 4.69) is 0 Å². The molecule has 6 nitrogen and oxygen atoms in total. The lowest BCUT2D eigenvalue weighted by atomic mass is 9.96. The average molecular weight is 427 g/mol. The van der Waals surface area contributed by atoms with Gasteiger partial charge in [-0.05, 0) is 38.5 Å². The molecule has 0 atom stereocenters. The van der Waals surface area contributed by atoms with E-state index in [1.54, 1.807) is 23.5 Å². The number of nitrogens with zero attached hydrogens (tertiary/aromatic N) is 4. The fourth-order valence-electron chi connectivity index (χ4n) is 4.38. The lowest BCUT2D eigenvalue weighted by Gasteiger charge is -2.17. The number of nitro groups is 1. The van der Waals surface area contributed by atoms with Gasteiger partial charge in [-0.15, -0.1) is 11.3 Å². The molecule has 2 saturated carbocycles. The average Bonchev–Trinajstić information content (AvgIpc) is 3.13. The lowest BCUT2D eigenvalue weighted by molar-refractivity contribution is -0.384. The standard InChI is InChI=1S/C23H30N4O2S/c28-27(29)21-15-9-10-18(16-21)22-17-30-23(24-19-11-7-4-8-12-19)26(22)25-20-13-5-2-1-3-6-14-20/h9-10,15-17,19H,1-8,11-14H2. The summed E-state index contributed by atoms with van der Waals surface area (Å²) in [7, 11) is 0. The molecule has 2 fully saturated rings. The van der Waals surface area contributed by atoms with Gasteiger partial charge in [-0.25, -0.2) is 4.68 Å². The van der Waals surface area contributed by atoms with E-state index in [0.717, 1.165) is 41.7 Å². The first-order valence-corrected chi connectivity index (χ1v) is 12.1. The Labute approximate surface area is 181 Å². The van der Waals surface area contributed by atoms with E-state index in [-0.39, 0.29) is 10.6 Å². The number of hydrogen-bond donors (Lipinski definition) is 0. The van der Waals surface area contributed by atoms with Gasteiger partial charge < -0.3 is 0 Å². The number of rotatable bonds is 4. The molecular weight excluding hydrogens is 396 g/mol. The first-order chi connectivity index (χ1) is 14.7. The minimum Gasteiger partial charge on any atom is -0.258 e. The summed E-state index contributed by atoms with van der Waals surface area (Å²) in [5.74, 6) is 0. The molecule has 0 radical (unpaired) electrons. The van der Waals surface area contributed by atoms with Crippen molar-refractivity contribution >= 4 is 22.7 Å². The Hall–Kier alpha value is -2.28. The van der Waals surface area contributed by atoms with E-state index in [0.29, 0.717) is 6.04 Å². The third-order valence-electron chi connectivity index (χ3n) is 6.08. The van der Waals surface area contributed by atoms with Crippen LogP contribution in [0.1, 0.15) is 77.0 Å². The highest BCUT2D eigenvalue weighted by Crippen LogP contribution is 2.26. The van der Waals surface area contributed by atoms with Gasteiger partial charge in [-0.2, -0.15) is 5.10 Å². The third-order valence-corrected chi connectivity index (χ3v) is 6.91. The number of nitro benzene ring substituents is 1. The molecule has 1 heterocycles. The van der Waals surface area contributed by atoms with E-state index < -0.39 is 0 Å². The minimum atomic E-state index is -0.339. The van der Waals surface area contributed by atoms with E-state index >= 15 is 0 Å². The van der Waals surface area contributed by atoms with Gasteiger partial charge in [0.2, 0.25) is 4.80 Å². The smallest absolute Gasteiger partial charge is 0.258 e. The van der Waals surface area contributed by atoms with Gasteiger partial charge in [0, 0.05) is 28.8 Å². The minimum absolute atomic E-state index is 0.106. The zero-order valence-corrected chi connectivity index (χ0v) is 18.3. The Balaban J connectivity index is 1.77. The molecule has 160 valence electrons. The normalized spacial score (nSPS) is 19.3. The summed E-state index contributed by atoms with van der Waals surface area (Å²) in [6.07, 6.45) is 14.3. The van der Waals surface area contributed by atoms with E-state index in [4.69, 9.17) is 10.1 Å². The maximum absolute atomic E-state index is 11.3. The molecule has 0 bridgehead atoms. The van der Waals surface area contributed by atoms with Crippen molar-refractivity contribution in [3.8, 4) is 11.3 Å². The van der Waals surface area contributed by atoms with Crippen molar-refractivity contribution in [3.05, 3.63) is 44.6 Å². The maximum Gasteiger partial charge on any atom is 0.270 e. The van der Waals surface area contributed by atoms with Crippen LogP contribution in [0.4, 0.5) is 5.69 Å². The zero-order valence-electron chi connectivity index (χ0n) is 17.5. The first kappa shape index (κ1) is 21.0. The maximum atomic E-state index is 11.3. The molecule has 0 saturated heterocycles. The van der Waals surface area contributed by atoms with Crippen LogP contribution in [-0.4, -0.2) is 21.4 Å². The lowest BCUT2D eigenvalue weighted by Crippen LogP contribution is -2.20. The monoisotopic (exact) mass is 426 g/mol. The van der Waals surface area contributed by atoms with E-state index in [1.165, 1.54) is 63.1 Å². The van der Waals surface area contributed by atoms with Gasteiger partial charge in [0.05, 0.1) is 16.7 Å². The van der Waals surface area contributed by atoms with Crippen molar-refractivity contribution in [2.24, 2.45) is 10.1 Å². The zero-order chi connectivity index (χ0) is 20.8. The second-order valence-electron chi connectivity index (χ2n) is 8.38. The Bertz CT molecular complexity index is 960. The Morgan fingerprint density at radius 2 is 1.70 bits per heavy atom. The summed E-state index contributed by atoms with van der Waals surface area (Å²) in [6, 6.07) is 7.21. The van der Waals surface area contributed by atoms with E-state index in [1.807, 2.05) is 16.1 Å². The second-order valence-corrected chi connectivity index (χ2v) is 9.21. The van der Waals surface area contributed by atoms with Crippen LogP contribution < -0.4 is 4.80 Å². The number of thiazole rings is 1. The Morgan fingerprint density at radius 1 is 1.00 bits per heavy atom. The Kier molecular flexibility index (Phi) is 7.10. The van der Waals surface area contributed by atoms with Crippen LogP contribution in [0.3, 0.4) is 0 Å². The fourth-order valence-corrected chi connectivity index (χ4v) is 5.29. The molecule has 0 aliphatic heterocycles. The highest BCUT2D eigenvalue weighted by atomic mass is 32.1. The second kappa shape index (κ2) is 10.2. The topological polar surface area (TPSA) is 72.8 Å². The van der Waals surface area contributed by atoms with E-state index in [9.17, 15) is 10.1 Å². The number of aromatic nitrogens is 1. The SMILES string of the molecule is O=[N+]([O-])c1cccc(-c2csc(=NC3CCCCC3)n2N=C2CCCCCCC2)c1. The van der Waals surface area contributed by atoms with Crippen LogP contribution in [0.2, 0.25) is 0 Å². The summed E-state index contributed by atoms with van der Waals surface area (Å²) in [4.78, 5) is 16.9. The molecule has 0 unspecified atom stereocenters. The summed E-state index contributed by atoms with van der Waals surface area (Å²) >= 11 is 1.60. The fraction of sp³-hybridized carbons (Fsp3) is 0.565. The molecule has 7 heteroatoms. The molecule has 30 heavy (non-hydrogen) atoms. The van der Waals surface area contributed by atoms with Crippen molar-refractivity contribution in [2.45, 2.75) is 83.1 Å². The van der Waals surface area contributed by atoms with Gasteiger partial charge in [0.25, 0.3) is 5.69 Å². The predicted octanol–water partition coefficient (Wildman–Crippen LogP) is 6.31. The molecule has 1 aromatic carbocycles. The quantitative estimate of drug-likeness (QED) is 0.425. The molecule has 2 aliphatic rings. The van der Waals surface area contributed by atoms with Crippen molar-refractivity contribution < 1.29 is 4.92 Å². The number of non-ortho nitro benzene ring substituents is 1. The van der Waals surface area contributed by atoms with Gasteiger partial charge in [-0.1, -0.05) is 50.7 Å². The molecular formula is C23H30N4O2S. The van der Waals surface area contributed by atoms with Crippen LogP contribution in [-0.2, 0) is 0 Å². The highest BCUT2D eigenvalue weighted by molar-refractivity contribution is 7.07.